The molecule has 0 amide bonds. The summed E-state index contributed by atoms with van der Waals surface area (Å²) in [6, 6.07) is 15.2. The molecule has 0 unspecified atom stereocenters. The smallest absolute Gasteiger partial charge is 0.305 e. The minimum atomic E-state index is 0.00375. The van der Waals surface area contributed by atoms with Crippen molar-refractivity contribution >= 4 is 16.7 Å². The molecule has 2 aromatic rings. The molecule has 0 N–H and O–H groups in total. The van der Waals surface area contributed by atoms with E-state index in [0.717, 1.165) is 12.8 Å². The van der Waals surface area contributed by atoms with Gasteiger partial charge in [0.1, 0.15) is 0 Å². The minimum Gasteiger partial charge on any atom is -0.466 e. The number of esters is 1. The van der Waals surface area contributed by atoms with Crippen molar-refractivity contribution in [2.24, 2.45) is 0 Å². The lowest BCUT2D eigenvalue weighted by Crippen LogP contribution is -2.05. The molecule has 0 bridgehead atoms. The predicted molar refractivity (Wildman–Crippen MR) is 145 cm³/mol. The molecule has 0 fully saturated rings. The van der Waals surface area contributed by atoms with Gasteiger partial charge in [-0.1, -0.05) is 134 Å². The van der Waals surface area contributed by atoms with Crippen LogP contribution in [0, 0.1) is 0 Å². The maximum atomic E-state index is 11.4. The summed E-state index contributed by atoms with van der Waals surface area (Å²) < 4.78 is 5.23. The molecule has 2 rings (SSSR count). The van der Waals surface area contributed by atoms with E-state index in [4.69, 9.17) is 4.74 Å². The Balaban J connectivity index is 0.000000342. The Labute approximate surface area is 204 Å². The second-order valence-electron chi connectivity index (χ2n) is 9.25. The van der Waals surface area contributed by atoms with Crippen LogP contribution in [0.2, 0.25) is 0 Å². The highest BCUT2D eigenvalue weighted by atomic mass is 16.5. The summed E-state index contributed by atoms with van der Waals surface area (Å²) in [7, 11) is 0. The highest BCUT2D eigenvalue weighted by Gasteiger charge is 2.02. The fraction of sp³-hybridized carbons (Fsp3) is 0.645. The Kier molecular flexibility index (Phi) is 18.4. The van der Waals surface area contributed by atoms with Crippen molar-refractivity contribution in [2.45, 2.75) is 124 Å². The monoisotopic (exact) mass is 454 g/mol. The second kappa shape index (κ2) is 20.8. The van der Waals surface area contributed by atoms with Crippen LogP contribution in [0.1, 0.15) is 123 Å². The van der Waals surface area contributed by atoms with Gasteiger partial charge in [-0.05, 0) is 42.0 Å². The molecule has 0 aromatic heterocycles. The highest BCUT2D eigenvalue weighted by molar-refractivity contribution is 5.85. The summed E-state index contributed by atoms with van der Waals surface area (Å²) in [5.74, 6) is 0.00375. The Morgan fingerprint density at radius 1 is 0.636 bits per heavy atom. The molecule has 0 aliphatic rings. The first-order valence-corrected chi connectivity index (χ1v) is 13.8. The van der Waals surface area contributed by atoms with E-state index in [1.807, 2.05) is 0 Å². The summed E-state index contributed by atoms with van der Waals surface area (Å²) in [6.45, 7) is 7.31. The number of hydrogen-bond acceptors (Lipinski definition) is 2. The third kappa shape index (κ3) is 14.8. The highest BCUT2D eigenvalue weighted by Crippen LogP contribution is 2.20. The maximum absolute atomic E-state index is 11.4. The zero-order chi connectivity index (χ0) is 24.0. The van der Waals surface area contributed by atoms with E-state index in [1.165, 1.54) is 99.8 Å². The van der Waals surface area contributed by atoms with Crippen LogP contribution in [-0.2, 0) is 16.0 Å². The summed E-state index contributed by atoms with van der Waals surface area (Å²) in [6.07, 6.45) is 19.2. The third-order valence-corrected chi connectivity index (χ3v) is 6.17. The molecule has 0 atom stereocenters. The zero-order valence-electron chi connectivity index (χ0n) is 21.9. The van der Waals surface area contributed by atoms with E-state index in [9.17, 15) is 4.79 Å². The zero-order valence-corrected chi connectivity index (χ0v) is 21.9. The molecule has 0 spiro atoms. The van der Waals surface area contributed by atoms with Crippen LogP contribution in [0.5, 0.6) is 0 Å². The van der Waals surface area contributed by atoms with Gasteiger partial charge in [-0.15, -0.1) is 0 Å². The first-order chi connectivity index (χ1) is 16.2. The molecular formula is C31H50O2. The number of rotatable bonds is 17. The summed E-state index contributed by atoms with van der Waals surface area (Å²) in [5.41, 5.74) is 1.49. The number of ether oxygens (including phenoxy) is 1. The van der Waals surface area contributed by atoms with Crippen molar-refractivity contribution in [1.29, 1.82) is 0 Å². The minimum absolute atomic E-state index is 0.00375. The lowest BCUT2D eigenvalue weighted by molar-refractivity contribution is -0.143. The SMILES string of the molecule is CCCCCCCCCC(=O)OCCCCCCC.CCCCc1cccc2ccccc12. The molecule has 33 heavy (non-hydrogen) atoms. The van der Waals surface area contributed by atoms with Gasteiger partial charge in [0.2, 0.25) is 0 Å². The molecule has 2 heteroatoms. The number of hydrogen-bond donors (Lipinski definition) is 0. The second-order valence-corrected chi connectivity index (χ2v) is 9.25. The maximum Gasteiger partial charge on any atom is 0.305 e. The number of carbonyl (C=O) groups is 1. The molecule has 186 valence electrons. The Hall–Kier alpha value is -1.83. The molecule has 2 aromatic carbocycles. The van der Waals surface area contributed by atoms with E-state index in [-0.39, 0.29) is 5.97 Å². The molecule has 0 aliphatic heterocycles. The molecular weight excluding hydrogens is 404 g/mol. The van der Waals surface area contributed by atoms with Crippen LogP contribution < -0.4 is 0 Å². The fourth-order valence-corrected chi connectivity index (χ4v) is 4.07. The Morgan fingerprint density at radius 3 is 1.91 bits per heavy atom. The molecule has 0 heterocycles. The Bertz CT molecular complexity index is 716. The predicted octanol–water partition coefficient (Wildman–Crippen LogP) is 9.82. The first kappa shape index (κ1) is 29.2. The van der Waals surface area contributed by atoms with Gasteiger partial charge in [-0.3, -0.25) is 4.79 Å². The average molecular weight is 455 g/mol. The van der Waals surface area contributed by atoms with Crippen LogP contribution in [0.4, 0.5) is 0 Å². The molecule has 0 aliphatic carbocycles. The average Bonchev–Trinajstić information content (AvgIpc) is 2.84. The van der Waals surface area contributed by atoms with Crippen LogP contribution in [0.3, 0.4) is 0 Å². The summed E-state index contributed by atoms with van der Waals surface area (Å²) >= 11 is 0. The van der Waals surface area contributed by atoms with E-state index in [0.29, 0.717) is 13.0 Å². The lowest BCUT2D eigenvalue weighted by atomic mass is 10.0. The van der Waals surface area contributed by atoms with E-state index < -0.39 is 0 Å². The molecule has 0 saturated heterocycles. The summed E-state index contributed by atoms with van der Waals surface area (Å²) in [4.78, 5) is 11.4. The van der Waals surface area contributed by atoms with Crippen molar-refractivity contribution in [1.82, 2.24) is 0 Å². The standard InChI is InChI=1S/C17H34O2.C14H16/c1-3-5-7-9-10-11-13-15-17(18)19-16-14-12-8-6-4-2;1-2-3-7-12-9-6-10-13-8-4-5-11-14(12)13/h3-16H2,1-2H3;4-6,8-11H,2-3,7H2,1H3. The topological polar surface area (TPSA) is 26.3 Å². The van der Waals surface area contributed by atoms with Crippen LogP contribution in [-0.4, -0.2) is 12.6 Å². The van der Waals surface area contributed by atoms with Crippen LogP contribution in [0.25, 0.3) is 10.8 Å². The van der Waals surface area contributed by atoms with Gasteiger partial charge in [0, 0.05) is 6.42 Å². The van der Waals surface area contributed by atoms with E-state index in [2.05, 4.69) is 63.2 Å². The lowest BCUT2D eigenvalue weighted by Gasteiger charge is -2.05. The van der Waals surface area contributed by atoms with Crippen molar-refractivity contribution in [3.8, 4) is 0 Å². The van der Waals surface area contributed by atoms with Gasteiger partial charge in [0.25, 0.3) is 0 Å². The Morgan fingerprint density at radius 2 is 1.21 bits per heavy atom. The van der Waals surface area contributed by atoms with Crippen molar-refractivity contribution < 1.29 is 9.53 Å². The normalized spacial score (nSPS) is 10.6. The van der Waals surface area contributed by atoms with Gasteiger partial charge in [0.15, 0.2) is 0 Å². The first-order valence-electron chi connectivity index (χ1n) is 13.8. The fourth-order valence-electron chi connectivity index (χ4n) is 4.07. The number of carbonyl (C=O) groups excluding carboxylic acids is 1. The summed E-state index contributed by atoms with van der Waals surface area (Å²) in [5, 5.41) is 2.78. The van der Waals surface area contributed by atoms with Gasteiger partial charge < -0.3 is 4.74 Å². The van der Waals surface area contributed by atoms with Gasteiger partial charge in [-0.25, -0.2) is 0 Å². The molecule has 0 saturated carbocycles. The van der Waals surface area contributed by atoms with Gasteiger partial charge in [-0.2, -0.15) is 0 Å². The molecule has 2 nitrogen and oxygen atoms in total. The van der Waals surface area contributed by atoms with Gasteiger partial charge >= 0.3 is 5.97 Å². The van der Waals surface area contributed by atoms with Crippen LogP contribution in [0.15, 0.2) is 42.5 Å². The van der Waals surface area contributed by atoms with Crippen molar-refractivity contribution in [3.63, 3.8) is 0 Å². The van der Waals surface area contributed by atoms with Gasteiger partial charge in [0.05, 0.1) is 6.61 Å². The number of fused-ring (bicyclic) bond motifs is 1. The van der Waals surface area contributed by atoms with Crippen molar-refractivity contribution in [2.75, 3.05) is 6.61 Å². The largest absolute Gasteiger partial charge is 0.466 e. The number of aryl methyl sites for hydroxylation is 1. The van der Waals surface area contributed by atoms with E-state index >= 15 is 0 Å². The van der Waals surface area contributed by atoms with Crippen LogP contribution >= 0.6 is 0 Å². The number of unbranched alkanes of at least 4 members (excludes halogenated alkanes) is 11. The van der Waals surface area contributed by atoms with Crippen molar-refractivity contribution in [3.05, 3.63) is 48.0 Å². The molecule has 0 radical (unpaired) electrons. The van der Waals surface area contributed by atoms with E-state index in [1.54, 1.807) is 0 Å². The third-order valence-electron chi connectivity index (χ3n) is 6.17. The number of benzene rings is 2. The quantitative estimate of drug-likeness (QED) is 0.175.